The summed E-state index contributed by atoms with van der Waals surface area (Å²) in [6.45, 7) is 3.81. The molecule has 1 heterocycles. The first kappa shape index (κ1) is 14.9. The molecule has 20 heavy (non-hydrogen) atoms. The lowest BCUT2D eigenvalue weighted by molar-refractivity contribution is -0.130. The van der Waals surface area contributed by atoms with Crippen LogP contribution in [0.5, 0.6) is 0 Å². The van der Waals surface area contributed by atoms with Crippen LogP contribution in [0, 0.1) is 18.2 Å². The van der Waals surface area contributed by atoms with Crippen LogP contribution in [0.25, 0.3) is 0 Å². The van der Waals surface area contributed by atoms with E-state index in [-0.39, 0.29) is 11.7 Å². The SMILES string of the molecule is COCC1(C(=O)Nc2cc(F)ccc2C)CCNCC1. The summed E-state index contributed by atoms with van der Waals surface area (Å²) in [4.78, 5) is 12.6. The molecular weight excluding hydrogens is 259 g/mol. The van der Waals surface area contributed by atoms with Gasteiger partial charge in [0.25, 0.3) is 0 Å². The average molecular weight is 280 g/mol. The van der Waals surface area contributed by atoms with E-state index in [0.29, 0.717) is 12.3 Å². The second kappa shape index (κ2) is 6.33. The van der Waals surface area contributed by atoms with Crippen molar-refractivity contribution in [2.45, 2.75) is 19.8 Å². The fourth-order valence-corrected chi connectivity index (χ4v) is 2.60. The largest absolute Gasteiger partial charge is 0.384 e. The number of hydrogen-bond acceptors (Lipinski definition) is 3. The van der Waals surface area contributed by atoms with Gasteiger partial charge >= 0.3 is 0 Å². The van der Waals surface area contributed by atoms with Crippen molar-refractivity contribution in [1.29, 1.82) is 0 Å². The summed E-state index contributed by atoms with van der Waals surface area (Å²) in [5.41, 5.74) is 0.851. The van der Waals surface area contributed by atoms with Gasteiger partial charge in [-0.25, -0.2) is 4.39 Å². The Morgan fingerprint density at radius 2 is 2.15 bits per heavy atom. The number of piperidine rings is 1. The minimum absolute atomic E-state index is 0.0884. The van der Waals surface area contributed by atoms with Gasteiger partial charge in [0.05, 0.1) is 12.0 Å². The van der Waals surface area contributed by atoms with Crippen molar-refractivity contribution in [2.24, 2.45) is 5.41 Å². The third kappa shape index (κ3) is 3.16. The molecule has 0 unspecified atom stereocenters. The number of rotatable bonds is 4. The molecule has 1 amide bonds. The zero-order valence-corrected chi connectivity index (χ0v) is 12.0. The highest BCUT2D eigenvalue weighted by molar-refractivity contribution is 5.96. The van der Waals surface area contributed by atoms with E-state index in [1.807, 2.05) is 6.92 Å². The molecule has 1 aromatic rings. The minimum Gasteiger partial charge on any atom is -0.384 e. The number of nitrogens with one attached hydrogen (secondary N) is 2. The zero-order chi connectivity index (χ0) is 14.6. The van der Waals surface area contributed by atoms with Crippen LogP contribution in [0.4, 0.5) is 10.1 Å². The van der Waals surface area contributed by atoms with Crippen LogP contribution in [0.2, 0.25) is 0 Å². The highest BCUT2D eigenvalue weighted by atomic mass is 19.1. The number of halogens is 1. The summed E-state index contributed by atoms with van der Waals surface area (Å²) in [5.74, 6) is -0.438. The van der Waals surface area contributed by atoms with Gasteiger partial charge in [0.15, 0.2) is 0 Å². The van der Waals surface area contributed by atoms with Gasteiger partial charge in [0, 0.05) is 12.8 Å². The van der Waals surface area contributed by atoms with Crippen molar-refractivity contribution in [3.8, 4) is 0 Å². The van der Waals surface area contributed by atoms with Crippen molar-refractivity contribution >= 4 is 11.6 Å². The summed E-state index contributed by atoms with van der Waals surface area (Å²) in [6, 6.07) is 4.41. The van der Waals surface area contributed by atoms with E-state index in [9.17, 15) is 9.18 Å². The standard InChI is InChI=1S/C15H21FN2O2/c1-11-3-4-12(16)9-13(11)18-14(19)15(10-20-2)5-7-17-8-6-15/h3-4,9,17H,5-8,10H2,1-2H3,(H,18,19). The van der Waals surface area contributed by atoms with Gasteiger partial charge in [-0.05, 0) is 50.6 Å². The summed E-state index contributed by atoms with van der Waals surface area (Å²) < 4.78 is 18.5. The second-order valence-corrected chi connectivity index (χ2v) is 5.38. The van der Waals surface area contributed by atoms with Gasteiger partial charge in [-0.3, -0.25) is 4.79 Å². The normalized spacial score (nSPS) is 17.8. The number of methoxy groups -OCH3 is 1. The molecule has 4 nitrogen and oxygen atoms in total. The third-order valence-corrected chi connectivity index (χ3v) is 3.91. The number of hydrogen-bond donors (Lipinski definition) is 2. The Bertz CT molecular complexity index is 479. The Morgan fingerprint density at radius 1 is 1.45 bits per heavy atom. The predicted molar refractivity (Wildman–Crippen MR) is 76.2 cm³/mol. The maximum Gasteiger partial charge on any atom is 0.233 e. The molecular formula is C15H21FN2O2. The molecule has 0 radical (unpaired) electrons. The molecule has 0 aromatic heterocycles. The fourth-order valence-electron chi connectivity index (χ4n) is 2.60. The number of anilines is 1. The van der Waals surface area contributed by atoms with Gasteiger partial charge in [-0.15, -0.1) is 0 Å². The lowest BCUT2D eigenvalue weighted by Gasteiger charge is -2.35. The van der Waals surface area contributed by atoms with Gasteiger partial charge < -0.3 is 15.4 Å². The van der Waals surface area contributed by atoms with Crippen LogP contribution >= 0.6 is 0 Å². The molecule has 1 saturated heterocycles. The summed E-state index contributed by atoms with van der Waals surface area (Å²) in [5, 5.41) is 6.10. The van der Waals surface area contributed by atoms with Crippen molar-refractivity contribution < 1.29 is 13.9 Å². The van der Waals surface area contributed by atoms with E-state index in [1.54, 1.807) is 13.2 Å². The number of benzene rings is 1. The topological polar surface area (TPSA) is 50.4 Å². The smallest absolute Gasteiger partial charge is 0.233 e. The van der Waals surface area contributed by atoms with Crippen molar-refractivity contribution in [3.63, 3.8) is 0 Å². The molecule has 5 heteroatoms. The molecule has 0 saturated carbocycles. The summed E-state index contributed by atoms with van der Waals surface area (Å²) in [6.07, 6.45) is 1.45. The van der Waals surface area contributed by atoms with E-state index in [2.05, 4.69) is 10.6 Å². The minimum atomic E-state index is -0.529. The van der Waals surface area contributed by atoms with E-state index in [0.717, 1.165) is 31.5 Å². The highest BCUT2D eigenvalue weighted by Crippen LogP contribution is 2.31. The molecule has 1 aliphatic heterocycles. The molecule has 1 aliphatic rings. The van der Waals surface area contributed by atoms with Crippen LogP contribution in [-0.4, -0.2) is 32.7 Å². The van der Waals surface area contributed by atoms with Crippen molar-refractivity contribution in [3.05, 3.63) is 29.6 Å². The number of carbonyl (C=O) groups excluding carboxylic acids is 1. The highest BCUT2D eigenvalue weighted by Gasteiger charge is 2.39. The number of amides is 1. The molecule has 0 bridgehead atoms. The lowest BCUT2D eigenvalue weighted by atomic mass is 9.78. The molecule has 0 aliphatic carbocycles. The Morgan fingerprint density at radius 3 is 2.80 bits per heavy atom. The first-order valence-corrected chi connectivity index (χ1v) is 6.85. The van der Waals surface area contributed by atoms with E-state index in [1.165, 1.54) is 12.1 Å². The van der Waals surface area contributed by atoms with Gasteiger partial charge in [0.2, 0.25) is 5.91 Å². The molecule has 0 spiro atoms. The average Bonchev–Trinajstić information content (AvgIpc) is 2.44. The van der Waals surface area contributed by atoms with E-state index in [4.69, 9.17) is 4.74 Å². The fraction of sp³-hybridized carbons (Fsp3) is 0.533. The van der Waals surface area contributed by atoms with Crippen LogP contribution in [-0.2, 0) is 9.53 Å². The summed E-state index contributed by atoms with van der Waals surface area (Å²) >= 11 is 0. The number of carbonyl (C=O) groups is 1. The molecule has 2 rings (SSSR count). The molecule has 0 atom stereocenters. The van der Waals surface area contributed by atoms with Crippen LogP contribution in [0.15, 0.2) is 18.2 Å². The third-order valence-electron chi connectivity index (χ3n) is 3.91. The van der Waals surface area contributed by atoms with Gasteiger partial charge in [-0.2, -0.15) is 0 Å². The Labute approximate surface area is 118 Å². The maximum absolute atomic E-state index is 13.3. The first-order valence-electron chi connectivity index (χ1n) is 6.85. The van der Waals surface area contributed by atoms with E-state index >= 15 is 0 Å². The Kier molecular flexibility index (Phi) is 4.73. The second-order valence-electron chi connectivity index (χ2n) is 5.38. The van der Waals surface area contributed by atoms with Gasteiger partial charge in [-0.1, -0.05) is 6.07 Å². The Hall–Kier alpha value is -1.46. The van der Waals surface area contributed by atoms with Crippen LogP contribution in [0.1, 0.15) is 18.4 Å². The zero-order valence-electron chi connectivity index (χ0n) is 12.0. The quantitative estimate of drug-likeness (QED) is 0.888. The monoisotopic (exact) mass is 280 g/mol. The number of ether oxygens (including phenoxy) is 1. The molecule has 110 valence electrons. The molecule has 1 aromatic carbocycles. The molecule has 2 N–H and O–H groups in total. The molecule has 1 fully saturated rings. The Balaban J connectivity index is 2.18. The predicted octanol–water partition coefficient (Wildman–Crippen LogP) is 2.09. The first-order chi connectivity index (χ1) is 9.57. The number of aryl methyl sites for hydroxylation is 1. The summed E-state index contributed by atoms with van der Waals surface area (Å²) in [7, 11) is 1.60. The maximum atomic E-state index is 13.3. The van der Waals surface area contributed by atoms with E-state index < -0.39 is 5.41 Å². The van der Waals surface area contributed by atoms with Crippen LogP contribution < -0.4 is 10.6 Å². The van der Waals surface area contributed by atoms with Crippen molar-refractivity contribution in [2.75, 3.05) is 32.1 Å². The van der Waals surface area contributed by atoms with Crippen molar-refractivity contribution in [1.82, 2.24) is 5.32 Å². The van der Waals surface area contributed by atoms with Gasteiger partial charge in [0.1, 0.15) is 5.82 Å². The lowest BCUT2D eigenvalue weighted by Crippen LogP contribution is -2.47. The van der Waals surface area contributed by atoms with Crippen LogP contribution in [0.3, 0.4) is 0 Å².